The van der Waals surface area contributed by atoms with Gasteiger partial charge in [0.15, 0.2) is 47.6 Å². The van der Waals surface area contributed by atoms with Crippen LogP contribution in [0, 0.1) is 0 Å². The van der Waals surface area contributed by atoms with Gasteiger partial charge in [0.1, 0.15) is 6.10 Å². The van der Waals surface area contributed by atoms with Gasteiger partial charge in [0.25, 0.3) is 0 Å². The third-order valence-corrected chi connectivity index (χ3v) is 7.43. The van der Waals surface area contributed by atoms with Crippen LogP contribution in [0.15, 0.2) is 60.7 Å². The van der Waals surface area contributed by atoms with Gasteiger partial charge in [-0.1, -0.05) is 0 Å². The number of amides is 3. The number of nitrogens with one attached hydrogen (secondary N) is 3. The molecule has 5 atom stereocenters. The Morgan fingerprint density at radius 1 is 0.700 bits per heavy atom. The van der Waals surface area contributed by atoms with Crippen molar-refractivity contribution in [3.8, 4) is 23.0 Å². The number of aliphatic hydroxyl groups is 1. The Kier molecular flexibility index (Phi) is 9.88. The summed E-state index contributed by atoms with van der Waals surface area (Å²) in [5.41, 5.74) is -0.586. The molecule has 19 heteroatoms. The molecule has 0 spiro atoms. The second kappa shape index (κ2) is 14.4. The number of anilines is 3. The molecule has 1 fully saturated rings. The van der Waals surface area contributed by atoms with Gasteiger partial charge in [0.2, 0.25) is 13.6 Å². The standard InChI is InChI=1S/C31H28F3N3O13/c1-42-27-26(50-30(41)37-18-7-9-20-22(11-18)46-14-44-20)25(49-29(40)36-17-6-8-19-21(10-17)45-13-43-19)24(23(12-38)47-27)48-28(39)35-16-4-2-15(3-5-16)31(32,33)34/h2-11,23-27,38H,12-14H2,1H3,(H,35,39)(H,36,40)(H,37,41)/t23-,24-,25+,26+,27+/m1/s1. The van der Waals surface area contributed by atoms with E-state index in [2.05, 4.69) is 16.0 Å². The van der Waals surface area contributed by atoms with Crippen molar-refractivity contribution < 1.29 is 75.3 Å². The number of carbonyl (C=O) groups is 3. The molecule has 6 rings (SSSR count). The Hall–Kier alpha value is -5.66. The first-order chi connectivity index (χ1) is 24.0. The normalized spacial score (nSPS) is 21.9. The quantitative estimate of drug-likeness (QED) is 0.236. The average Bonchev–Trinajstić information content (AvgIpc) is 3.75. The van der Waals surface area contributed by atoms with Crippen LogP contribution in [0.2, 0.25) is 0 Å². The molecular weight excluding hydrogens is 679 g/mol. The van der Waals surface area contributed by atoms with Gasteiger partial charge in [-0.05, 0) is 48.5 Å². The van der Waals surface area contributed by atoms with E-state index >= 15 is 0 Å². The van der Waals surface area contributed by atoms with Crippen molar-refractivity contribution in [2.75, 3.05) is 43.3 Å². The maximum absolute atomic E-state index is 13.3. The summed E-state index contributed by atoms with van der Waals surface area (Å²) in [6.45, 7) is -0.837. The molecule has 0 radical (unpaired) electrons. The smallest absolute Gasteiger partial charge is 0.416 e. The van der Waals surface area contributed by atoms with Gasteiger partial charge in [-0.15, -0.1) is 0 Å². The van der Waals surface area contributed by atoms with Gasteiger partial charge in [0.05, 0.1) is 12.2 Å². The Balaban J connectivity index is 1.23. The Morgan fingerprint density at radius 3 is 1.66 bits per heavy atom. The zero-order valence-corrected chi connectivity index (χ0v) is 25.8. The van der Waals surface area contributed by atoms with Crippen LogP contribution in [-0.4, -0.2) is 81.4 Å². The van der Waals surface area contributed by atoms with E-state index in [4.69, 9.17) is 42.6 Å². The first kappa shape index (κ1) is 34.2. The topological polar surface area (TPSA) is 191 Å². The molecule has 3 heterocycles. The summed E-state index contributed by atoms with van der Waals surface area (Å²) in [5, 5.41) is 17.4. The van der Waals surface area contributed by atoms with E-state index in [1.54, 1.807) is 12.1 Å². The monoisotopic (exact) mass is 707 g/mol. The zero-order valence-electron chi connectivity index (χ0n) is 25.8. The zero-order chi connectivity index (χ0) is 35.4. The largest absolute Gasteiger partial charge is 0.454 e. The fraction of sp³-hybridized carbons (Fsp3) is 0.323. The Labute approximate surface area is 280 Å². The van der Waals surface area contributed by atoms with E-state index in [1.807, 2.05) is 0 Å². The van der Waals surface area contributed by atoms with Crippen LogP contribution >= 0.6 is 0 Å². The van der Waals surface area contributed by atoms with Crippen molar-refractivity contribution in [2.24, 2.45) is 0 Å². The van der Waals surface area contributed by atoms with E-state index < -0.39 is 67.3 Å². The SMILES string of the molecule is CO[C@H]1O[C@H](CO)[C@@H](OC(=O)Nc2ccc(C(F)(F)F)cc2)[C@H](OC(=O)Nc2ccc3c(c2)OCO3)[C@@H]1OC(=O)Nc1ccc2c(c1)OCO2. The van der Waals surface area contributed by atoms with Crippen LogP contribution in [0.4, 0.5) is 44.6 Å². The highest BCUT2D eigenvalue weighted by Crippen LogP contribution is 2.36. The van der Waals surface area contributed by atoms with Gasteiger partial charge in [-0.2, -0.15) is 13.2 Å². The van der Waals surface area contributed by atoms with Crippen molar-refractivity contribution in [2.45, 2.75) is 36.9 Å². The molecule has 0 bridgehead atoms. The first-order valence-electron chi connectivity index (χ1n) is 14.7. The molecule has 0 unspecified atom stereocenters. The molecular formula is C31H28F3N3O13. The minimum Gasteiger partial charge on any atom is -0.454 e. The molecule has 266 valence electrons. The number of hydrogen-bond donors (Lipinski definition) is 4. The van der Waals surface area contributed by atoms with E-state index in [-0.39, 0.29) is 30.6 Å². The molecule has 0 aromatic heterocycles. The predicted octanol–water partition coefficient (Wildman–Crippen LogP) is 4.68. The summed E-state index contributed by atoms with van der Waals surface area (Å²) in [6.07, 6.45) is -16.0. The second-order valence-corrected chi connectivity index (χ2v) is 10.7. The highest BCUT2D eigenvalue weighted by Gasteiger charge is 2.53. The van der Waals surface area contributed by atoms with Crippen molar-refractivity contribution in [3.63, 3.8) is 0 Å². The second-order valence-electron chi connectivity index (χ2n) is 10.7. The van der Waals surface area contributed by atoms with E-state index in [9.17, 15) is 32.7 Å². The van der Waals surface area contributed by atoms with Crippen LogP contribution in [0.5, 0.6) is 23.0 Å². The highest BCUT2D eigenvalue weighted by atomic mass is 19.4. The summed E-state index contributed by atoms with van der Waals surface area (Å²) in [6, 6.07) is 12.5. The number of methoxy groups -OCH3 is 1. The number of rotatable bonds is 8. The molecule has 16 nitrogen and oxygen atoms in total. The third-order valence-electron chi connectivity index (χ3n) is 7.43. The van der Waals surface area contributed by atoms with Crippen LogP contribution in [0.3, 0.4) is 0 Å². The maximum atomic E-state index is 13.3. The fourth-order valence-corrected chi connectivity index (χ4v) is 5.12. The lowest BCUT2D eigenvalue weighted by Gasteiger charge is -2.43. The van der Waals surface area contributed by atoms with E-state index in [0.29, 0.717) is 23.0 Å². The summed E-state index contributed by atoms with van der Waals surface area (Å²) in [7, 11) is 1.19. The Bertz CT molecular complexity index is 1730. The molecule has 3 aromatic carbocycles. The van der Waals surface area contributed by atoms with Gasteiger partial charge in [-0.3, -0.25) is 16.0 Å². The van der Waals surface area contributed by atoms with Crippen molar-refractivity contribution in [1.29, 1.82) is 0 Å². The molecule has 1 saturated heterocycles. The summed E-state index contributed by atoms with van der Waals surface area (Å²) >= 11 is 0. The minimum atomic E-state index is -4.61. The molecule has 3 amide bonds. The van der Waals surface area contributed by atoms with Crippen LogP contribution in [-0.2, 0) is 29.9 Å². The Morgan fingerprint density at radius 2 is 1.16 bits per heavy atom. The number of fused-ring (bicyclic) bond motifs is 2. The molecule has 0 aliphatic carbocycles. The molecule has 3 aliphatic rings. The molecule has 3 aromatic rings. The van der Waals surface area contributed by atoms with Crippen molar-refractivity contribution in [3.05, 3.63) is 66.2 Å². The fourth-order valence-electron chi connectivity index (χ4n) is 5.12. The average molecular weight is 708 g/mol. The van der Waals surface area contributed by atoms with Crippen LogP contribution in [0.25, 0.3) is 0 Å². The van der Waals surface area contributed by atoms with Crippen LogP contribution < -0.4 is 34.9 Å². The van der Waals surface area contributed by atoms with Gasteiger partial charge in [0, 0.05) is 36.3 Å². The number of benzene rings is 3. The lowest BCUT2D eigenvalue weighted by Crippen LogP contribution is -2.63. The predicted molar refractivity (Wildman–Crippen MR) is 161 cm³/mol. The lowest BCUT2D eigenvalue weighted by molar-refractivity contribution is -0.290. The molecule has 0 saturated carbocycles. The van der Waals surface area contributed by atoms with Crippen molar-refractivity contribution >= 4 is 35.3 Å². The number of halogens is 3. The summed E-state index contributed by atoms with van der Waals surface area (Å²) < 4.78 is 88.0. The molecule has 3 aliphatic heterocycles. The highest BCUT2D eigenvalue weighted by molar-refractivity contribution is 5.87. The number of hydrogen-bond acceptors (Lipinski definition) is 13. The maximum Gasteiger partial charge on any atom is 0.416 e. The third kappa shape index (κ3) is 7.80. The van der Waals surface area contributed by atoms with Crippen LogP contribution in [0.1, 0.15) is 5.56 Å². The van der Waals surface area contributed by atoms with Crippen molar-refractivity contribution in [1.82, 2.24) is 0 Å². The molecule has 4 N–H and O–H groups in total. The van der Waals surface area contributed by atoms with Gasteiger partial charge >= 0.3 is 24.5 Å². The number of ether oxygens (including phenoxy) is 9. The van der Waals surface area contributed by atoms with Gasteiger partial charge in [-0.25, -0.2) is 14.4 Å². The lowest BCUT2D eigenvalue weighted by atomic mass is 9.98. The molecule has 50 heavy (non-hydrogen) atoms. The van der Waals surface area contributed by atoms with Gasteiger partial charge < -0.3 is 47.7 Å². The number of alkyl halides is 3. The minimum absolute atomic E-state index is 0.00857. The number of aliphatic hydroxyl groups excluding tert-OH is 1. The number of carbonyl (C=O) groups excluding carboxylic acids is 3. The summed E-state index contributed by atoms with van der Waals surface area (Å²) in [4.78, 5) is 39.4. The first-order valence-corrected chi connectivity index (χ1v) is 14.7. The van der Waals surface area contributed by atoms with E-state index in [1.165, 1.54) is 31.4 Å². The summed E-state index contributed by atoms with van der Waals surface area (Å²) in [5.74, 6) is 1.60. The van der Waals surface area contributed by atoms with E-state index in [0.717, 1.165) is 24.3 Å².